The highest BCUT2D eigenvalue weighted by molar-refractivity contribution is 7.89. The van der Waals surface area contributed by atoms with E-state index in [9.17, 15) is 17.6 Å². The molecule has 0 spiro atoms. The zero-order valence-electron chi connectivity index (χ0n) is 15.9. The van der Waals surface area contributed by atoms with Crippen LogP contribution in [0.2, 0.25) is 0 Å². The number of rotatable bonds is 5. The van der Waals surface area contributed by atoms with Crippen molar-refractivity contribution in [1.82, 2.24) is 4.72 Å². The van der Waals surface area contributed by atoms with E-state index in [0.717, 1.165) is 0 Å². The molecule has 0 atom stereocenters. The highest BCUT2D eigenvalue weighted by Gasteiger charge is 2.26. The Bertz CT molecular complexity index is 966. The van der Waals surface area contributed by atoms with Crippen LogP contribution in [0.4, 0.5) is 10.1 Å². The molecule has 0 bridgehead atoms. The van der Waals surface area contributed by atoms with E-state index in [0.29, 0.717) is 11.3 Å². The summed E-state index contributed by atoms with van der Waals surface area (Å²) in [6.45, 7) is 6.85. The average molecular weight is 394 g/mol. The molecule has 2 rings (SSSR count). The minimum absolute atomic E-state index is 0.105. The van der Waals surface area contributed by atoms with Crippen molar-refractivity contribution in [2.75, 3.05) is 12.4 Å². The number of benzene rings is 2. The van der Waals surface area contributed by atoms with E-state index in [4.69, 9.17) is 4.74 Å². The van der Waals surface area contributed by atoms with Gasteiger partial charge in [-0.1, -0.05) is 6.07 Å². The number of ether oxygens (including phenoxy) is 1. The molecule has 27 heavy (non-hydrogen) atoms. The quantitative estimate of drug-likeness (QED) is 0.813. The number of halogens is 1. The maximum absolute atomic E-state index is 13.4. The van der Waals surface area contributed by atoms with Crippen LogP contribution < -0.4 is 14.8 Å². The number of hydrogen-bond acceptors (Lipinski definition) is 4. The van der Waals surface area contributed by atoms with Crippen LogP contribution in [-0.4, -0.2) is 27.0 Å². The highest BCUT2D eigenvalue weighted by atomic mass is 32.2. The van der Waals surface area contributed by atoms with E-state index in [1.807, 2.05) is 0 Å². The summed E-state index contributed by atoms with van der Waals surface area (Å²) in [6.07, 6.45) is 0. The lowest BCUT2D eigenvalue weighted by Gasteiger charge is -2.21. The van der Waals surface area contributed by atoms with Crippen molar-refractivity contribution in [1.29, 1.82) is 0 Å². The lowest BCUT2D eigenvalue weighted by Crippen LogP contribution is -2.40. The summed E-state index contributed by atoms with van der Waals surface area (Å²) < 4.78 is 46.5. The smallest absolute Gasteiger partial charge is 0.255 e. The second kappa shape index (κ2) is 7.66. The molecule has 0 aliphatic heterocycles. The fourth-order valence-electron chi connectivity index (χ4n) is 2.41. The largest absolute Gasteiger partial charge is 0.495 e. The van der Waals surface area contributed by atoms with E-state index in [1.165, 1.54) is 37.4 Å². The Labute approximate surface area is 158 Å². The van der Waals surface area contributed by atoms with Gasteiger partial charge in [0.15, 0.2) is 0 Å². The second-order valence-electron chi connectivity index (χ2n) is 7.13. The van der Waals surface area contributed by atoms with E-state index in [2.05, 4.69) is 10.0 Å². The average Bonchev–Trinajstić information content (AvgIpc) is 2.55. The third kappa shape index (κ3) is 5.27. The van der Waals surface area contributed by atoms with Crippen LogP contribution in [0.5, 0.6) is 5.75 Å². The summed E-state index contributed by atoms with van der Waals surface area (Å²) in [5, 5.41) is 2.60. The van der Waals surface area contributed by atoms with Crippen molar-refractivity contribution in [3.05, 3.63) is 53.3 Å². The maximum Gasteiger partial charge on any atom is 0.255 e. The van der Waals surface area contributed by atoms with Gasteiger partial charge < -0.3 is 10.1 Å². The SMILES string of the molecule is COc1ccc(C(=O)Nc2cc(F)ccc2C)cc1S(=O)(=O)NC(C)(C)C. The predicted octanol–water partition coefficient (Wildman–Crippen LogP) is 3.47. The monoisotopic (exact) mass is 394 g/mol. The molecule has 0 fully saturated rings. The van der Waals surface area contributed by atoms with Crippen molar-refractivity contribution < 1.29 is 22.3 Å². The van der Waals surface area contributed by atoms with E-state index in [1.54, 1.807) is 33.8 Å². The summed E-state index contributed by atoms with van der Waals surface area (Å²) in [6, 6.07) is 8.12. The lowest BCUT2D eigenvalue weighted by molar-refractivity contribution is 0.102. The molecule has 2 aromatic rings. The molecule has 2 aromatic carbocycles. The molecular weight excluding hydrogens is 371 g/mol. The standard InChI is InChI=1S/C19H23FN2O4S/c1-12-6-8-14(20)11-15(12)21-18(23)13-7-9-16(26-5)17(10-13)27(24,25)22-19(2,3)4/h6-11,22H,1-5H3,(H,21,23). The molecular formula is C19H23FN2O4S. The normalized spacial score (nSPS) is 11.9. The summed E-state index contributed by atoms with van der Waals surface area (Å²) in [7, 11) is -2.57. The van der Waals surface area contributed by atoms with Gasteiger partial charge in [0.25, 0.3) is 5.91 Å². The van der Waals surface area contributed by atoms with E-state index >= 15 is 0 Å². The molecule has 1 amide bonds. The van der Waals surface area contributed by atoms with Gasteiger partial charge in [-0.15, -0.1) is 0 Å². The van der Waals surface area contributed by atoms with Crippen LogP contribution in [0.3, 0.4) is 0 Å². The number of carbonyl (C=O) groups is 1. The van der Waals surface area contributed by atoms with Crippen molar-refractivity contribution in [3.8, 4) is 5.75 Å². The fourth-order valence-corrected chi connectivity index (χ4v) is 4.02. The number of amides is 1. The van der Waals surface area contributed by atoms with Crippen LogP contribution in [0.25, 0.3) is 0 Å². The molecule has 8 heteroatoms. The molecule has 0 aliphatic rings. The number of methoxy groups -OCH3 is 1. The van der Waals surface area contributed by atoms with Crippen LogP contribution in [0.1, 0.15) is 36.7 Å². The van der Waals surface area contributed by atoms with Crippen LogP contribution in [0.15, 0.2) is 41.3 Å². The Kier molecular flexibility index (Phi) is 5.91. The zero-order chi connectivity index (χ0) is 20.4. The van der Waals surface area contributed by atoms with Gasteiger partial charge in [0.05, 0.1) is 7.11 Å². The Morgan fingerprint density at radius 3 is 2.37 bits per heavy atom. The number of hydrogen-bond donors (Lipinski definition) is 2. The van der Waals surface area contributed by atoms with Crippen LogP contribution >= 0.6 is 0 Å². The first-order chi connectivity index (χ1) is 12.4. The van der Waals surface area contributed by atoms with E-state index in [-0.39, 0.29) is 16.2 Å². The summed E-state index contributed by atoms with van der Waals surface area (Å²) in [5.74, 6) is -0.924. The van der Waals surface area contributed by atoms with Crippen LogP contribution in [-0.2, 0) is 10.0 Å². The van der Waals surface area contributed by atoms with Gasteiger partial charge in [0.2, 0.25) is 10.0 Å². The molecule has 146 valence electrons. The summed E-state index contributed by atoms with van der Waals surface area (Å²) in [4.78, 5) is 12.4. The third-order valence-electron chi connectivity index (χ3n) is 3.60. The number of aryl methyl sites for hydroxylation is 1. The van der Waals surface area contributed by atoms with Gasteiger partial charge in [-0.3, -0.25) is 4.79 Å². The topological polar surface area (TPSA) is 84.5 Å². The van der Waals surface area contributed by atoms with Crippen molar-refractivity contribution in [3.63, 3.8) is 0 Å². The predicted molar refractivity (Wildman–Crippen MR) is 102 cm³/mol. The van der Waals surface area contributed by atoms with Crippen molar-refractivity contribution in [2.45, 2.75) is 38.1 Å². The molecule has 0 aromatic heterocycles. The molecule has 0 heterocycles. The first kappa shape index (κ1) is 20.9. The third-order valence-corrected chi connectivity index (χ3v) is 5.38. The van der Waals surface area contributed by atoms with Crippen LogP contribution in [0, 0.1) is 12.7 Å². The molecule has 0 radical (unpaired) electrons. The van der Waals surface area contributed by atoms with E-state index < -0.39 is 27.3 Å². The summed E-state index contributed by atoms with van der Waals surface area (Å²) >= 11 is 0. The Morgan fingerprint density at radius 1 is 1.11 bits per heavy atom. The lowest BCUT2D eigenvalue weighted by atomic mass is 10.1. The minimum atomic E-state index is -3.92. The number of nitrogens with one attached hydrogen (secondary N) is 2. The Morgan fingerprint density at radius 2 is 1.78 bits per heavy atom. The van der Waals surface area contributed by atoms with Gasteiger partial charge in [0, 0.05) is 16.8 Å². The minimum Gasteiger partial charge on any atom is -0.495 e. The number of sulfonamides is 1. The first-order valence-electron chi connectivity index (χ1n) is 8.22. The highest BCUT2D eigenvalue weighted by Crippen LogP contribution is 2.27. The molecule has 0 saturated heterocycles. The van der Waals surface area contributed by atoms with Crippen molar-refractivity contribution >= 4 is 21.6 Å². The molecule has 0 unspecified atom stereocenters. The Hall–Kier alpha value is -2.45. The molecule has 6 nitrogen and oxygen atoms in total. The fraction of sp³-hybridized carbons (Fsp3) is 0.316. The zero-order valence-corrected chi connectivity index (χ0v) is 16.7. The first-order valence-corrected chi connectivity index (χ1v) is 9.71. The summed E-state index contributed by atoms with van der Waals surface area (Å²) in [5.41, 5.74) is 0.392. The maximum atomic E-state index is 13.4. The molecule has 0 saturated carbocycles. The second-order valence-corrected chi connectivity index (χ2v) is 8.79. The molecule has 0 aliphatic carbocycles. The van der Waals surface area contributed by atoms with Gasteiger partial charge >= 0.3 is 0 Å². The van der Waals surface area contributed by atoms with Gasteiger partial charge in [-0.2, -0.15) is 0 Å². The van der Waals surface area contributed by atoms with Gasteiger partial charge in [-0.25, -0.2) is 17.5 Å². The van der Waals surface area contributed by atoms with Crippen molar-refractivity contribution in [2.24, 2.45) is 0 Å². The van der Waals surface area contributed by atoms with Gasteiger partial charge in [-0.05, 0) is 63.6 Å². The number of carbonyl (C=O) groups excluding carboxylic acids is 1. The molecule has 2 N–H and O–H groups in total. The van der Waals surface area contributed by atoms with Gasteiger partial charge in [0.1, 0.15) is 16.5 Å². The number of anilines is 1. The Balaban J connectivity index is 2.41.